The van der Waals surface area contributed by atoms with Crippen LogP contribution in [-0.4, -0.2) is 29.3 Å². The number of nitrogens with zero attached hydrogens (tertiary/aromatic N) is 1. The first-order valence-corrected chi connectivity index (χ1v) is 12.8. The third kappa shape index (κ3) is 6.97. The fraction of sp³-hybridized carbons (Fsp3) is 0.367. The van der Waals surface area contributed by atoms with Crippen molar-refractivity contribution >= 4 is 6.09 Å². The summed E-state index contributed by atoms with van der Waals surface area (Å²) >= 11 is 0. The number of benzene rings is 3. The summed E-state index contributed by atoms with van der Waals surface area (Å²) in [5.41, 5.74) is -9.58. The SMILES string of the molecule is [2H]C([2H])([2H])[13C]([13CH3])(O)c1cc(-c2ccc(C(F)(F)F)cc2CN2C(=O)O[C@H](c3cc(C(F)(F)F)cc(C(F)(F)F)c3)[C@@H]2C)c(OC)cc1F. The minimum Gasteiger partial charge on any atom is -0.496 e. The van der Waals surface area contributed by atoms with Crippen molar-refractivity contribution in [1.82, 2.24) is 4.90 Å². The van der Waals surface area contributed by atoms with Crippen LogP contribution in [0.25, 0.3) is 11.1 Å². The predicted octanol–water partition coefficient (Wildman–Crippen LogP) is 8.87. The molecule has 4 rings (SSSR count). The molecule has 1 unspecified atom stereocenters. The molecule has 1 heterocycles. The molecule has 1 amide bonds. The van der Waals surface area contributed by atoms with Crippen molar-refractivity contribution in [2.75, 3.05) is 7.11 Å². The van der Waals surface area contributed by atoms with E-state index >= 15 is 4.39 Å². The smallest absolute Gasteiger partial charge is 0.416 e. The van der Waals surface area contributed by atoms with E-state index in [0.29, 0.717) is 30.3 Å². The highest BCUT2D eigenvalue weighted by atomic mass is 19.4. The molecule has 3 atom stereocenters. The van der Waals surface area contributed by atoms with E-state index in [9.17, 15) is 49.4 Å². The molecule has 0 aliphatic carbocycles. The number of methoxy groups -OCH3 is 1. The lowest BCUT2D eigenvalue weighted by Crippen LogP contribution is -2.32. The summed E-state index contributed by atoms with van der Waals surface area (Å²) in [7, 11) is 1.07. The third-order valence-electron chi connectivity index (χ3n) is 7.21. The summed E-state index contributed by atoms with van der Waals surface area (Å²) < 4.78 is 171. The first-order chi connectivity index (χ1) is 21.8. The molecule has 3 aromatic carbocycles. The van der Waals surface area contributed by atoms with Crippen molar-refractivity contribution < 1.29 is 67.4 Å². The van der Waals surface area contributed by atoms with Crippen molar-refractivity contribution in [2.24, 2.45) is 0 Å². The first kappa shape index (κ1) is 29.7. The Kier molecular flexibility index (Phi) is 7.53. The molecule has 1 saturated heterocycles. The van der Waals surface area contributed by atoms with Gasteiger partial charge in [-0.05, 0) is 73.8 Å². The van der Waals surface area contributed by atoms with Crippen LogP contribution in [0.2, 0.25) is 0 Å². The van der Waals surface area contributed by atoms with Crippen LogP contribution >= 0.6 is 0 Å². The first-order valence-electron chi connectivity index (χ1n) is 14.3. The number of carbonyl (C=O) groups excluding carboxylic acids is 1. The summed E-state index contributed by atoms with van der Waals surface area (Å²) in [5, 5.41) is 10.7. The lowest BCUT2D eigenvalue weighted by Gasteiger charge is -2.25. The lowest BCUT2D eigenvalue weighted by molar-refractivity contribution is -0.143. The van der Waals surface area contributed by atoms with Crippen molar-refractivity contribution in [1.29, 1.82) is 0 Å². The molecule has 244 valence electrons. The van der Waals surface area contributed by atoms with Crippen LogP contribution in [0.4, 0.5) is 48.7 Å². The Morgan fingerprint density at radius 3 is 1.98 bits per heavy atom. The number of alkyl halides is 9. The fourth-order valence-corrected chi connectivity index (χ4v) is 4.96. The average Bonchev–Trinajstić information content (AvgIpc) is 3.23. The maximum atomic E-state index is 15.1. The summed E-state index contributed by atoms with van der Waals surface area (Å²) in [4.78, 5) is 13.8. The predicted molar refractivity (Wildman–Crippen MR) is 139 cm³/mol. The second-order valence-electron chi connectivity index (χ2n) is 10.5. The Morgan fingerprint density at radius 2 is 1.47 bits per heavy atom. The van der Waals surface area contributed by atoms with Gasteiger partial charge in [0.05, 0.1) is 42.0 Å². The van der Waals surface area contributed by atoms with Crippen LogP contribution < -0.4 is 4.74 Å². The number of halogens is 10. The molecule has 3 aromatic rings. The zero-order valence-corrected chi connectivity index (χ0v) is 23.4. The van der Waals surface area contributed by atoms with Gasteiger partial charge >= 0.3 is 24.6 Å². The number of ether oxygens (including phenoxy) is 2. The van der Waals surface area contributed by atoms with Gasteiger partial charge < -0.3 is 14.6 Å². The molecule has 5 nitrogen and oxygen atoms in total. The second-order valence-corrected chi connectivity index (χ2v) is 10.5. The molecule has 1 aliphatic heterocycles. The van der Waals surface area contributed by atoms with E-state index < -0.39 is 89.4 Å². The monoisotopic (exact) mass is 658 g/mol. The van der Waals surface area contributed by atoms with Gasteiger partial charge in [-0.3, -0.25) is 4.90 Å². The van der Waals surface area contributed by atoms with Crippen molar-refractivity contribution in [2.45, 2.75) is 63.5 Å². The van der Waals surface area contributed by atoms with Crippen LogP contribution in [0.1, 0.15) is 64.3 Å². The number of rotatable bonds is 6. The highest BCUT2D eigenvalue weighted by molar-refractivity contribution is 5.76. The van der Waals surface area contributed by atoms with Crippen molar-refractivity contribution in [3.05, 3.63) is 87.7 Å². The quantitative estimate of drug-likeness (QED) is 0.212. The van der Waals surface area contributed by atoms with E-state index in [1.54, 1.807) is 0 Å². The normalized spacial score (nSPS) is 20.3. The lowest BCUT2D eigenvalue weighted by atomic mass is 9.94. The molecule has 1 fully saturated rings. The minimum absolute atomic E-state index is 0.119. The molecule has 0 aromatic heterocycles. The Balaban J connectivity index is 1.86. The van der Waals surface area contributed by atoms with Crippen molar-refractivity contribution in [3.8, 4) is 16.9 Å². The molecule has 15 heteroatoms. The summed E-state index contributed by atoms with van der Waals surface area (Å²) in [5.74, 6) is -1.55. The maximum Gasteiger partial charge on any atom is 0.416 e. The Morgan fingerprint density at radius 1 is 0.889 bits per heavy atom. The molecule has 0 spiro atoms. The molecule has 1 aliphatic rings. The van der Waals surface area contributed by atoms with E-state index in [-0.39, 0.29) is 28.5 Å². The second kappa shape index (κ2) is 11.4. The fourth-order valence-electron chi connectivity index (χ4n) is 4.96. The van der Waals surface area contributed by atoms with E-state index in [1.165, 1.54) is 6.92 Å². The van der Waals surface area contributed by atoms with Gasteiger partial charge in [0, 0.05) is 21.3 Å². The summed E-state index contributed by atoms with van der Waals surface area (Å²) in [6, 6.07) is 2.95. The molecule has 0 radical (unpaired) electrons. The Bertz CT molecular complexity index is 1690. The van der Waals surface area contributed by atoms with Crippen LogP contribution in [0.5, 0.6) is 5.75 Å². The van der Waals surface area contributed by atoms with Crippen LogP contribution in [0, 0.1) is 5.82 Å². The average molecular weight is 659 g/mol. The highest BCUT2D eigenvalue weighted by Gasteiger charge is 2.44. The Hall–Kier alpha value is -4.01. The van der Waals surface area contributed by atoms with Crippen LogP contribution in [-0.2, 0) is 35.4 Å². The van der Waals surface area contributed by atoms with Gasteiger partial charge in [0.25, 0.3) is 0 Å². The van der Waals surface area contributed by atoms with Gasteiger partial charge in [-0.1, -0.05) is 6.07 Å². The zero-order chi connectivity index (χ0) is 36.4. The number of carbonyl (C=O) groups is 1. The molecule has 0 saturated carbocycles. The highest BCUT2D eigenvalue weighted by Crippen LogP contribution is 2.44. The topological polar surface area (TPSA) is 59.0 Å². The number of hydrogen-bond donors (Lipinski definition) is 1. The van der Waals surface area contributed by atoms with Gasteiger partial charge in [-0.15, -0.1) is 0 Å². The van der Waals surface area contributed by atoms with Gasteiger partial charge in [-0.2, -0.15) is 39.5 Å². The van der Waals surface area contributed by atoms with E-state index in [2.05, 4.69) is 0 Å². The summed E-state index contributed by atoms with van der Waals surface area (Å²) in [6.45, 7) is -1.96. The molecule has 1 N–H and O–H groups in total. The number of aliphatic hydroxyl groups is 1. The number of amides is 1. The summed E-state index contributed by atoms with van der Waals surface area (Å²) in [6.07, 6.45) is -18.4. The Labute approximate surface area is 254 Å². The molecule has 0 bridgehead atoms. The molecule has 45 heavy (non-hydrogen) atoms. The van der Waals surface area contributed by atoms with Gasteiger partial charge in [0.1, 0.15) is 17.7 Å². The third-order valence-corrected chi connectivity index (χ3v) is 7.21. The largest absolute Gasteiger partial charge is 0.496 e. The van der Waals surface area contributed by atoms with Gasteiger partial charge in [-0.25, -0.2) is 9.18 Å². The standard InChI is InChI=1S/C30H25F10NO4/c1-14-25(15-7-18(29(35,36)37)10-19(8-15)30(38,39)40)45-26(42)41(14)13-16-9-17(28(32,33)34)5-6-20(16)21-11-22(27(2,3)43)23(31)12-24(21)44-4/h5-12,14,25,43H,13H2,1-4H3/t14-,25-/m0/s1/i2D3,3+1,27+1/t14-,25-,27?. The maximum absolute atomic E-state index is 15.1. The zero-order valence-electron chi connectivity index (χ0n) is 26.4. The van der Waals surface area contributed by atoms with E-state index in [4.69, 9.17) is 13.6 Å². The van der Waals surface area contributed by atoms with Crippen LogP contribution in [0.15, 0.2) is 48.5 Å². The van der Waals surface area contributed by atoms with Gasteiger partial charge in [0.15, 0.2) is 0 Å². The minimum atomic E-state index is -5.22. The van der Waals surface area contributed by atoms with E-state index in [0.717, 1.165) is 31.1 Å². The van der Waals surface area contributed by atoms with Crippen LogP contribution in [0.3, 0.4) is 0 Å². The molecular weight excluding hydrogens is 630 g/mol. The van der Waals surface area contributed by atoms with E-state index in [1.807, 2.05) is 0 Å². The number of hydrogen-bond acceptors (Lipinski definition) is 4. The molecular formula is C30H25F10NO4. The number of cyclic esters (lactones) is 1. The van der Waals surface area contributed by atoms with Gasteiger partial charge in [0.2, 0.25) is 0 Å². The van der Waals surface area contributed by atoms with Crippen molar-refractivity contribution in [3.63, 3.8) is 0 Å².